The van der Waals surface area contributed by atoms with Crippen molar-refractivity contribution in [2.45, 2.75) is 19.0 Å². The van der Waals surface area contributed by atoms with Crippen molar-refractivity contribution < 1.29 is 21.6 Å². The molecule has 154 valence electrons. The Morgan fingerprint density at radius 2 is 1.90 bits per heavy atom. The predicted octanol–water partition coefficient (Wildman–Crippen LogP) is 3.65. The lowest BCUT2D eigenvalue weighted by Gasteiger charge is -2.22. The van der Waals surface area contributed by atoms with E-state index >= 15 is 0 Å². The Hall–Kier alpha value is -2.62. The fraction of sp³-hybridized carbons (Fsp3) is 0.368. The number of halogens is 3. The van der Waals surface area contributed by atoms with Crippen LogP contribution in [-0.4, -0.2) is 41.1 Å². The van der Waals surface area contributed by atoms with E-state index in [-0.39, 0.29) is 17.4 Å². The van der Waals surface area contributed by atoms with Gasteiger partial charge in [0.15, 0.2) is 5.65 Å². The average Bonchev–Trinajstić information content (AvgIpc) is 3.10. The smallest absolute Gasteiger partial charge is 0.368 e. The predicted molar refractivity (Wildman–Crippen MR) is 103 cm³/mol. The van der Waals surface area contributed by atoms with Crippen molar-refractivity contribution in [1.82, 2.24) is 14.6 Å². The molecule has 0 spiro atoms. The molecule has 2 aromatic heterocycles. The Labute approximate surface area is 165 Å². The Bertz CT molecular complexity index is 1130. The van der Waals surface area contributed by atoms with Crippen molar-refractivity contribution in [2.24, 2.45) is 5.92 Å². The summed E-state index contributed by atoms with van der Waals surface area (Å²) in [7, 11) is -2.91. The number of hydrogen-bond acceptors (Lipinski definition) is 5. The van der Waals surface area contributed by atoms with Gasteiger partial charge in [-0.25, -0.2) is 17.9 Å². The van der Waals surface area contributed by atoms with Crippen molar-refractivity contribution in [1.29, 1.82) is 0 Å². The van der Waals surface area contributed by atoms with Gasteiger partial charge >= 0.3 is 6.18 Å². The molecule has 1 fully saturated rings. The number of aromatic nitrogens is 3. The number of imidazole rings is 1. The minimum atomic E-state index is -4.43. The summed E-state index contributed by atoms with van der Waals surface area (Å²) in [5.74, 6) is 1.19. The summed E-state index contributed by atoms with van der Waals surface area (Å²) >= 11 is 0. The normalized spacial score (nSPS) is 17.5. The van der Waals surface area contributed by atoms with Crippen LogP contribution in [0.5, 0.6) is 0 Å². The summed E-state index contributed by atoms with van der Waals surface area (Å²) < 4.78 is 63.6. The van der Waals surface area contributed by atoms with E-state index in [9.17, 15) is 21.6 Å². The number of nitrogens with zero attached hydrogens (tertiary/aromatic N) is 3. The fourth-order valence-electron chi connectivity index (χ4n) is 3.41. The number of anilines is 1. The number of nitrogens with one attached hydrogen (secondary N) is 1. The Morgan fingerprint density at radius 1 is 1.14 bits per heavy atom. The summed E-state index contributed by atoms with van der Waals surface area (Å²) in [6.07, 6.45) is -1.71. The van der Waals surface area contributed by atoms with Gasteiger partial charge in [0.05, 0.1) is 29.0 Å². The van der Waals surface area contributed by atoms with E-state index in [0.717, 1.165) is 12.1 Å². The molecule has 1 aliphatic heterocycles. The number of benzene rings is 1. The van der Waals surface area contributed by atoms with Crippen molar-refractivity contribution in [3.05, 3.63) is 48.2 Å². The van der Waals surface area contributed by atoms with Crippen molar-refractivity contribution in [3.63, 3.8) is 0 Å². The molecule has 1 aliphatic rings. The number of rotatable bonds is 4. The molecule has 0 unspecified atom stereocenters. The molecule has 10 heteroatoms. The summed E-state index contributed by atoms with van der Waals surface area (Å²) in [6.45, 7) is 0.585. The fourth-order valence-corrected chi connectivity index (χ4v) is 5.00. The van der Waals surface area contributed by atoms with Crippen molar-refractivity contribution in [2.75, 3.05) is 23.4 Å². The molecule has 4 rings (SSSR count). The maximum atomic E-state index is 13.0. The molecule has 1 saturated heterocycles. The summed E-state index contributed by atoms with van der Waals surface area (Å²) in [5, 5.41) is 7.66. The molecule has 0 saturated carbocycles. The van der Waals surface area contributed by atoms with Gasteiger partial charge in [0.1, 0.15) is 15.7 Å². The first kappa shape index (κ1) is 19.7. The van der Waals surface area contributed by atoms with Crippen LogP contribution < -0.4 is 5.32 Å². The third-order valence-electron chi connectivity index (χ3n) is 5.09. The molecule has 0 atom stereocenters. The third-order valence-corrected chi connectivity index (χ3v) is 6.81. The van der Waals surface area contributed by atoms with Gasteiger partial charge in [-0.2, -0.15) is 13.2 Å². The van der Waals surface area contributed by atoms with Crippen LogP contribution >= 0.6 is 0 Å². The van der Waals surface area contributed by atoms with Gasteiger partial charge in [-0.15, -0.1) is 5.10 Å². The van der Waals surface area contributed by atoms with Gasteiger partial charge in [0.25, 0.3) is 0 Å². The first-order chi connectivity index (χ1) is 13.7. The zero-order chi connectivity index (χ0) is 20.6. The maximum Gasteiger partial charge on any atom is 0.416 e. The maximum absolute atomic E-state index is 13.0. The number of alkyl halides is 3. The summed E-state index contributed by atoms with van der Waals surface area (Å²) in [5.41, 5.74) is 0.617. The highest BCUT2D eigenvalue weighted by molar-refractivity contribution is 7.91. The van der Waals surface area contributed by atoms with E-state index in [1.807, 2.05) is 0 Å². The zero-order valence-electron chi connectivity index (χ0n) is 15.4. The van der Waals surface area contributed by atoms with E-state index in [4.69, 9.17) is 0 Å². The Kier molecular flexibility index (Phi) is 4.97. The van der Waals surface area contributed by atoms with E-state index in [0.29, 0.717) is 42.1 Å². The summed E-state index contributed by atoms with van der Waals surface area (Å²) in [4.78, 5) is 4.22. The highest BCUT2D eigenvalue weighted by Crippen LogP contribution is 2.32. The molecular formula is C19H19F3N4O2S. The Morgan fingerprint density at radius 3 is 2.62 bits per heavy atom. The minimum Gasteiger partial charge on any atom is -0.368 e. The van der Waals surface area contributed by atoms with Crippen molar-refractivity contribution >= 4 is 21.3 Å². The topological polar surface area (TPSA) is 76.4 Å². The van der Waals surface area contributed by atoms with E-state index in [2.05, 4.69) is 15.4 Å². The van der Waals surface area contributed by atoms with Crippen molar-refractivity contribution in [3.8, 4) is 11.3 Å². The molecule has 3 aromatic rings. The lowest BCUT2D eigenvalue weighted by molar-refractivity contribution is -0.137. The number of sulfone groups is 1. The largest absolute Gasteiger partial charge is 0.416 e. The molecule has 0 aliphatic carbocycles. The molecule has 3 heterocycles. The van der Waals surface area contributed by atoms with Crippen LogP contribution in [0.1, 0.15) is 18.4 Å². The molecule has 6 nitrogen and oxygen atoms in total. The van der Waals surface area contributed by atoms with Gasteiger partial charge in [0, 0.05) is 12.1 Å². The molecule has 0 radical (unpaired) electrons. The number of hydrogen-bond donors (Lipinski definition) is 1. The van der Waals surface area contributed by atoms with Gasteiger partial charge in [-0.1, -0.05) is 12.1 Å². The summed E-state index contributed by atoms with van der Waals surface area (Å²) in [6, 6.07) is 8.53. The van der Waals surface area contributed by atoms with E-state index < -0.39 is 21.6 Å². The lowest BCUT2D eigenvalue weighted by Crippen LogP contribution is -2.27. The van der Waals surface area contributed by atoms with Crippen LogP contribution in [0.4, 0.5) is 19.0 Å². The SMILES string of the molecule is O=S1(=O)CCC(CNc2ccc3ncc(-c4cccc(C(F)(F)F)c4)n3n2)CC1. The highest BCUT2D eigenvalue weighted by atomic mass is 32.2. The van der Waals surface area contributed by atoms with Crippen LogP contribution in [0.25, 0.3) is 16.9 Å². The Balaban J connectivity index is 1.56. The van der Waals surface area contributed by atoms with Crippen LogP contribution in [0.15, 0.2) is 42.6 Å². The first-order valence-electron chi connectivity index (χ1n) is 9.18. The van der Waals surface area contributed by atoms with Gasteiger partial charge in [-0.3, -0.25) is 0 Å². The van der Waals surface area contributed by atoms with Crippen LogP contribution in [0, 0.1) is 5.92 Å². The second-order valence-corrected chi connectivity index (χ2v) is 9.49. The van der Waals surface area contributed by atoms with Gasteiger partial charge < -0.3 is 5.32 Å². The van der Waals surface area contributed by atoms with Gasteiger partial charge in [-0.05, 0) is 43.0 Å². The monoisotopic (exact) mass is 424 g/mol. The van der Waals surface area contributed by atoms with Crippen LogP contribution in [0.2, 0.25) is 0 Å². The number of fused-ring (bicyclic) bond motifs is 1. The quantitative estimate of drug-likeness (QED) is 0.692. The minimum absolute atomic E-state index is 0.201. The van der Waals surface area contributed by atoms with E-state index in [1.165, 1.54) is 16.8 Å². The average molecular weight is 424 g/mol. The molecule has 0 bridgehead atoms. The van der Waals surface area contributed by atoms with Crippen LogP contribution in [-0.2, 0) is 16.0 Å². The molecule has 0 amide bonds. The molecular weight excluding hydrogens is 405 g/mol. The van der Waals surface area contributed by atoms with Crippen LogP contribution in [0.3, 0.4) is 0 Å². The molecule has 1 aromatic carbocycles. The van der Waals surface area contributed by atoms with Gasteiger partial charge in [0.2, 0.25) is 0 Å². The first-order valence-corrected chi connectivity index (χ1v) is 11.0. The zero-order valence-corrected chi connectivity index (χ0v) is 16.2. The molecule has 29 heavy (non-hydrogen) atoms. The molecule has 1 N–H and O–H groups in total. The second-order valence-electron chi connectivity index (χ2n) is 7.19. The third kappa shape index (κ3) is 4.36. The lowest BCUT2D eigenvalue weighted by atomic mass is 10.0. The highest BCUT2D eigenvalue weighted by Gasteiger charge is 2.30. The standard InChI is InChI=1S/C19H19F3N4O2S/c20-19(21,22)15-3-1-2-14(10-15)16-12-24-18-5-4-17(25-26(16)18)23-11-13-6-8-29(27,28)9-7-13/h1-5,10,12-13H,6-9,11H2,(H,23,25). The van der Waals surface area contributed by atoms with E-state index in [1.54, 1.807) is 18.2 Å². The second kappa shape index (κ2) is 7.33.